The van der Waals surface area contributed by atoms with E-state index in [1.54, 1.807) is 0 Å². The molecular weight excluding hydrogens is 344 g/mol. The first-order valence-electron chi connectivity index (χ1n) is 10.9. The Morgan fingerprint density at radius 3 is 1.46 bits per heavy atom. The van der Waals surface area contributed by atoms with Crippen LogP contribution in [-0.2, 0) is 0 Å². The van der Waals surface area contributed by atoms with Gasteiger partial charge in [0.1, 0.15) is 0 Å². The number of rotatable bonds is 4. The molecule has 0 aromatic heterocycles. The van der Waals surface area contributed by atoms with Gasteiger partial charge in [-0.1, -0.05) is 102 Å². The summed E-state index contributed by atoms with van der Waals surface area (Å²) in [6, 6.07) is 0. The van der Waals surface area contributed by atoms with Crippen LogP contribution in [0.15, 0.2) is 47.6 Å². The Labute approximate surface area is 173 Å². The molecule has 2 rings (SSSR count). The van der Waals surface area contributed by atoms with Crippen molar-refractivity contribution in [2.24, 2.45) is 28.6 Å². The summed E-state index contributed by atoms with van der Waals surface area (Å²) in [4.78, 5) is 0. The lowest BCUT2D eigenvalue weighted by Gasteiger charge is -2.55. The topological polar surface area (TPSA) is 40.5 Å². The third-order valence-corrected chi connectivity index (χ3v) is 7.23. The molecule has 0 fully saturated rings. The summed E-state index contributed by atoms with van der Waals surface area (Å²) >= 11 is 0. The van der Waals surface area contributed by atoms with Crippen LogP contribution in [0.5, 0.6) is 0 Å². The molecule has 0 heterocycles. The van der Waals surface area contributed by atoms with Crippen molar-refractivity contribution in [2.45, 2.75) is 86.4 Å². The lowest BCUT2D eigenvalue weighted by molar-refractivity contribution is -0.117. The van der Waals surface area contributed by atoms with E-state index >= 15 is 0 Å². The fourth-order valence-corrected chi connectivity index (χ4v) is 5.42. The second-order valence-corrected chi connectivity index (χ2v) is 11.1. The number of aliphatic hydroxyl groups is 2. The van der Waals surface area contributed by atoms with E-state index in [4.69, 9.17) is 0 Å². The standard InChI is InChI=1S/C26H42O2/c1-10-13-20(21-18(2)14-11-16-25(21,27)23(4,5)6)22-19(3)15-12-17-26(22,28)24(7,8)9/h11-12,14-17,20-22,27-28H,10,13H2,1-9H3. The van der Waals surface area contributed by atoms with Crippen molar-refractivity contribution in [1.82, 2.24) is 0 Å². The van der Waals surface area contributed by atoms with Gasteiger partial charge in [0, 0.05) is 11.8 Å². The number of hydrogen-bond acceptors (Lipinski definition) is 2. The van der Waals surface area contributed by atoms with Gasteiger partial charge < -0.3 is 10.2 Å². The molecule has 4 unspecified atom stereocenters. The largest absolute Gasteiger partial charge is 0.385 e. The minimum Gasteiger partial charge on any atom is -0.385 e. The summed E-state index contributed by atoms with van der Waals surface area (Å²) in [6.45, 7) is 19.2. The van der Waals surface area contributed by atoms with E-state index < -0.39 is 11.2 Å². The van der Waals surface area contributed by atoms with Crippen molar-refractivity contribution in [1.29, 1.82) is 0 Å². The second kappa shape index (κ2) is 7.61. The minimum atomic E-state index is -0.952. The fraction of sp³-hybridized carbons (Fsp3) is 0.692. The van der Waals surface area contributed by atoms with Crippen molar-refractivity contribution in [3.63, 3.8) is 0 Å². The van der Waals surface area contributed by atoms with Crippen molar-refractivity contribution in [3.05, 3.63) is 47.6 Å². The zero-order valence-electron chi connectivity index (χ0n) is 19.5. The van der Waals surface area contributed by atoms with Gasteiger partial charge in [0.2, 0.25) is 0 Å². The maximum Gasteiger partial charge on any atom is 0.0946 e. The highest BCUT2D eigenvalue weighted by Crippen LogP contribution is 2.55. The molecular formula is C26H42O2. The van der Waals surface area contributed by atoms with Crippen LogP contribution in [0.25, 0.3) is 0 Å². The zero-order valence-corrected chi connectivity index (χ0v) is 19.5. The van der Waals surface area contributed by atoms with Gasteiger partial charge in [0.15, 0.2) is 0 Å². The lowest BCUT2D eigenvalue weighted by Crippen LogP contribution is -2.58. The van der Waals surface area contributed by atoms with Gasteiger partial charge in [-0.2, -0.15) is 0 Å². The summed E-state index contributed by atoms with van der Waals surface area (Å²) in [5.74, 6) is 0.0678. The average Bonchev–Trinajstić information content (AvgIpc) is 2.52. The molecule has 2 heteroatoms. The van der Waals surface area contributed by atoms with Crippen molar-refractivity contribution in [3.8, 4) is 0 Å². The Kier molecular flexibility index (Phi) is 6.30. The Morgan fingerprint density at radius 2 is 1.18 bits per heavy atom. The maximum atomic E-state index is 12.0. The van der Waals surface area contributed by atoms with Crippen LogP contribution in [-0.4, -0.2) is 21.4 Å². The average molecular weight is 387 g/mol. The van der Waals surface area contributed by atoms with Crippen LogP contribution in [0.3, 0.4) is 0 Å². The molecule has 2 aliphatic carbocycles. The molecule has 2 N–H and O–H groups in total. The first kappa shape index (κ1) is 23.2. The summed E-state index contributed by atoms with van der Waals surface area (Å²) in [5.41, 5.74) is -0.110. The molecule has 0 spiro atoms. The predicted molar refractivity (Wildman–Crippen MR) is 120 cm³/mol. The maximum absolute atomic E-state index is 12.0. The molecule has 28 heavy (non-hydrogen) atoms. The Balaban J connectivity index is 2.69. The van der Waals surface area contributed by atoms with E-state index in [0.717, 1.165) is 12.8 Å². The van der Waals surface area contributed by atoms with Crippen molar-refractivity contribution in [2.75, 3.05) is 0 Å². The Morgan fingerprint density at radius 1 is 0.821 bits per heavy atom. The van der Waals surface area contributed by atoms with E-state index in [9.17, 15) is 10.2 Å². The zero-order chi connectivity index (χ0) is 21.5. The highest BCUT2D eigenvalue weighted by atomic mass is 16.3. The van der Waals surface area contributed by atoms with Crippen LogP contribution < -0.4 is 0 Å². The highest BCUT2D eigenvalue weighted by Gasteiger charge is 2.56. The third-order valence-electron chi connectivity index (χ3n) is 7.23. The first-order valence-corrected chi connectivity index (χ1v) is 10.9. The van der Waals surface area contributed by atoms with Crippen molar-refractivity contribution < 1.29 is 10.2 Å². The minimum absolute atomic E-state index is 0.0359. The quantitative estimate of drug-likeness (QED) is 0.602. The van der Waals surface area contributed by atoms with E-state index in [0.29, 0.717) is 0 Å². The monoisotopic (exact) mass is 386 g/mol. The summed E-state index contributed by atoms with van der Waals surface area (Å²) in [5, 5.41) is 24.0. The van der Waals surface area contributed by atoms with Gasteiger partial charge >= 0.3 is 0 Å². The molecule has 0 saturated carbocycles. The molecule has 2 nitrogen and oxygen atoms in total. The summed E-state index contributed by atoms with van der Waals surface area (Å²) in [6.07, 6.45) is 14.2. The van der Waals surface area contributed by atoms with Gasteiger partial charge in [-0.25, -0.2) is 0 Å². The Bertz CT molecular complexity index is 637. The molecule has 0 radical (unpaired) electrons. The van der Waals surface area contributed by atoms with Gasteiger partial charge in [-0.15, -0.1) is 0 Å². The first-order chi connectivity index (χ1) is 12.7. The number of allylic oxidation sites excluding steroid dienone is 4. The molecule has 0 saturated heterocycles. The van der Waals surface area contributed by atoms with Gasteiger partial charge in [-0.3, -0.25) is 0 Å². The van der Waals surface area contributed by atoms with E-state index in [2.05, 4.69) is 74.5 Å². The van der Waals surface area contributed by atoms with Gasteiger partial charge in [0.05, 0.1) is 11.2 Å². The molecule has 0 aliphatic heterocycles. The van der Waals surface area contributed by atoms with Gasteiger partial charge in [-0.05, 0) is 37.0 Å². The van der Waals surface area contributed by atoms with Crippen molar-refractivity contribution >= 4 is 0 Å². The van der Waals surface area contributed by atoms with Crippen LogP contribution in [0.1, 0.15) is 75.2 Å². The molecule has 2 aliphatic rings. The van der Waals surface area contributed by atoms with Crippen LogP contribution in [0, 0.1) is 28.6 Å². The smallest absolute Gasteiger partial charge is 0.0946 e. The number of hydrogen-bond donors (Lipinski definition) is 2. The third kappa shape index (κ3) is 3.71. The molecule has 158 valence electrons. The highest BCUT2D eigenvalue weighted by molar-refractivity contribution is 5.36. The normalized spacial score (nSPS) is 34.8. The Hall–Kier alpha value is -1.12. The van der Waals surface area contributed by atoms with Crippen LogP contribution in [0.2, 0.25) is 0 Å². The van der Waals surface area contributed by atoms with Gasteiger partial charge in [0.25, 0.3) is 0 Å². The predicted octanol–water partition coefficient (Wildman–Crippen LogP) is 6.22. The summed E-state index contributed by atoms with van der Waals surface area (Å²) in [7, 11) is 0. The lowest BCUT2D eigenvalue weighted by atomic mass is 9.52. The second-order valence-electron chi connectivity index (χ2n) is 11.1. The van der Waals surface area contributed by atoms with E-state index in [1.807, 2.05) is 24.3 Å². The molecule has 4 atom stereocenters. The molecule has 0 aromatic rings. The molecule has 0 amide bonds. The fourth-order valence-electron chi connectivity index (χ4n) is 5.42. The van der Waals surface area contributed by atoms with E-state index in [1.165, 1.54) is 11.1 Å². The molecule has 0 bridgehead atoms. The SMILES string of the molecule is CCCC(C1C(C)=CC=CC1(O)C(C)(C)C)C1C(C)=CC=CC1(O)C(C)(C)C. The van der Waals surface area contributed by atoms with Crippen LogP contribution in [0.4, 0.5) is 0 Å². The molecule has 0 aromatic carbocycles. The van der Waals surface area contributed by atoms with E-state index in [-0.39, 0.29) is 28.6 Å². The summed E-state index contributed by atoms with van der Waals surface area (Å²) < 4.78 is 0. The van der Waals surface area contributed by atoms with Crippen LogP contribution >= 0.6 is 0 Å².